The van der Waals surface area contributed by atoms with Crippen LogP contribution in [0.5, 0.6) is 17.2 Å². The second-order valence-electron chi connectivity index (χ2n) is 7.00. The first-order valence-corrected chi connectivity index (χ1v) is 9.91. The van der Waals surface area contributed by atoms with Gasteiger partial charge in [0, 0.05) is 6.54 Å². The molecule has 1 fully saturated rings. The predicted molar refractivity (Wildman–Crippen MR) is 109 cm³/mol. The van der Waals surface area contributed by atoms with Gasteiger partial charge in [-0.3, -0.25) is 4.79 Å². The summed E-state index contributed by atoms with van der Waals surface area (Å²) in [6.45, 7) is 1.18. The van der Waals surface area contributed by atoms with Gasteiger partial charge in [0.15, 0.2) is 0 Å². The van der Waals surface area contributed by atoms with Crippen LogP contribution in [0.2, 0.25) is 0 Å². The van der Waals surface area contributed by atoms with E-state index in [4.69, 9.17) is 14.2 Å². The molecule has 0 aliphatic carbocycles. The van der Waals surface area contributed by atoms with E-state index in [-0.39, 0.29) is 11.9 Å². The third-order valence-corrected chi connectivity index (χ3v) is 5.22. The Morgan fingerprint density at radius 2 is 1.50 bits per heavy atom. The van der Waals surface area contributed by atoms with Crippen molar-refractivity contribution in [2.45, 2.75) is 38.1 Å². The van der Waals surface area contributed by atoms with Gasteiger partial charge in [-0.05, 0) is 54.8 Å². The van der Waals surface area contributed by atoms with Crippen LogP contribution in [0.3, 0.4) is 0 Å². The Labute approximate surface area is 167 Å². The third-order valence-electron chi connectivity index (χ3n) is 5.22. The molecule has 5 heteroatoms. The number of rotatable bonds is 7. The Hall–Kier alpha value is -2.69. The minimum absolute atomic E-state index is 0.127. The molecular weight excluding hydrogens is 354 g/mol. The second-order valence-corrected chi connectivity index (χ2v) is 7.00. The Morgan fingerprint density at radius 3 is 2.14 bits per heavy atom. The standard InChI is InChI=1S/C23H29NO4/c1-26-19-9-7-18(8-10-19)22-6-4-3-5-16-24(22)23(25)15-17-28-21-13-11-20(27-2)12-14-21/h7-14,22H,3-6,15-17H2,1-2H3/t22-/m1/s1. The lowest BCUT2D eigenvalue weighted by Crippen LogP contribution is -2.35. The molecule has 2 aromatic carbocycles. The molecule has 5 nitrogen and oxygen atoms in total. The molecule has 2 aromatic rings. The number of benzene rings is 2. The highest BCUT2D eigenvalue weighted by Gasteiger charge is 2.26. The lowest BCUT2D eigenvalue weighted by molar-refractivity contribution is -0.134. The first-order valence-electron chi connectivity index (χ1n) is 9.91. The van der Waals surface area contributed by atoms with Crippen molar-refractivity contribution in [3.63, 3.8) is 0 Å². The summed E-state index contributed by atoms with van der Waals surface area (Å²) < 4.78 is 16.2. The quantitative estimate of drug-likeness (QED) is 0.700. The molecule has 0 aromatic heterocycles. The highest BCUT2D eigenvalue weighted by molar-refractivity contribution is 5.77. The number of amides is 1. The van der Waals surface area contributed by atoms with Crippen molar-refractivity contribution in [2.24, 2.45) is 0 Å². The fourth-order valence-corrected chi connectivity index (χ4v) is 3.65. The monoisotopic (exact) mass is 383 g/mol. The normalized spacial score (nSPS) is 16.9. The summed E-state index contributed by atoms with van der Waals surface area (Å²) in [7, 11) is 3.30. The zero-order valence-corrected chi connectivity index (χ0v) is 16.7. The second kappa shape index (κ2) is 10.0. The molecule has 28 heavy (non-hydrogen) atoms. The minimum atomic E-state index is 0.127. The van der Waals surface area contributed by atoms with Crippen LogP contribution in [-0.2, 0) is 4.79 Å². The van der Waals surface area contributed by atoms with Crippen molar-refractivity contribution in [2.75, 3.05) is 27.4 Å². The van der Waals surface area contributed by atoms with Crippen LogP contribution in [0.4, 0.5) is 0 Å². The Balaban J connectivity index is 1.61. The van der Waals surface area contributed by atoms with Crippen molar-refractivity contribution in [3.8, 4) is 17.2 Å². The highest BCUT2D eigenvalue weighted by atomic mass is 16.5. The van der Waals surface area contributed by atoms with Gasteiger partial charge in [0.2, 0.25) is 5.91 Å². The van der Waals surface area contributed by atoms with Crippen molar-refractivity contribution >= 4 is 5.91 Å². The summed E-state index contributed by atoms with van der Waals surface area (Å²) in [6, 6.07) is 15.6. The maximum atomic E-state index is 12.9. The van der Waals surface area contributed by atoms with E-state index < -0.39 is 0 Å². The van der Waals surface area contributed by atoms with Crippen LogP contribution in [-0.4, -0.2) is 38.2 Å². The van der Waals surface area contributed by atoms with E-state index in [1.165, 1.54) is 12.0 Å². The van der Waals surface area contributed by atoms with Gasteiger partial charge in [-0.15, -0.1) is 0 Å². The van der Waals surface area contributed by atoms with E-state index in [2.05, 4.69) is 12.1 Å². The fraction of sp³-hybridized carbons (Fsp3) is 0.435. The van der Waals surface area contributed by atoms with Crippen LogP contribution < -0.4 is 14.2 Å². The molecule has 3 rings (SSSR count). The highest BCUT2D eigenvalue weighted by Crippen LogP contribution is 2.31. The van der Waals surface area contributed by atoms with Gasteiger partial charge in [-0.25, -0.2) is 0 Å². The molecule has 1 aliphatic heterocycles. The first kappa shape index (κ1) is 20.1. The van der Waals surface area contributed by atoms with E-state index in [1.54, 1.807) is 14.2 Å². The molecule has 150 valence electrons. The Bertz CT molecular complexity index is 742. The first-order chi connectivity index (χ1) is 13.7. The number of nitrogens with zero attached hydrogens (tertiary/aromatic N) is 1. The van der Waals surface area contributed by atoms with Crippen LogP contribution in [0.1, 0.15) is 43.7 Å². The molecule has 1 saturated heterocycles. The number of hydrogen-bond donors (Lipinski definition) is 0. The van der Waals surface area contributed by atoms with Gasteiger partial charge >= 0.3 is 0 Å². The molecule has 0 saturated carbocycles. The fourth-order valence-electron chi connectivity index (χ4n) is 3.65. The van der Waals surface area contributed by atoms with Crippen LogP contribution in [0.15, 0.2) is 48.5 Å². The lowest BCUT2D eigenvalue weighted by Gasteiger charge is -2.30. The topological polar surface area (TPSA) is 48.0 Å². The lowest BCUT2D eigenvalue weighted by atomic mass is 10.0. The van der Waals surface area contributed by atoms with Gasteiger partial charge in [0.1, 0.15) is 17.2 Å². The van der Waals surface area contributed by atoms with Crippen LogP contribution >= 0.6 is 0 Å². The summed E-state index contributed by atoms with van der Waals surface area (Å²) in [5.74, 6) is 2.52. The van der Waals surface area contributed by atoms with E-state index in [0.717, 1.165) is 43.1 Å². The Kier molecular flexibility index (Phi) is 7.18. The number of likely N-dealkylation sites (tertiary alicyclic amines) is 1. The van der Waals surface area contributed by atoms with Crippen molar-refractivity contribution in [1.29, 1.82) is 0 Å². The molecule has 1 atom stereocenters. The Morgan fingerprint density at radius 1 is 0.893 bits per heavy atom. The van der Waals surface area contributed by atoms with Gasteiger partial charge in [0.25, 0.3) is 0 Å². The summed E-state index contributed by atoms with van der Waals surface area (Å²) in [5.41, 5.74) is 1.17. The van der Waals surface area contributed by atoms with Crippen LogP contribution in [0.25, 0.3) is 0 Å². The molecule has 1 aliphatic rings. The van der Waals surface area contributed by atoms with E-state index >= 15 is 0 Å². The molecule has 0 bridgehead atoms. The van der Waals surface area contributed by atoms with Gasteiger partial charge in [-0.1, -0.05) is 25.0 Å². The number of carbonyl (C=O) groups excluding carboxylic acids is 1. The number of ether oxygens (including phenoxy) is 3. The maximum Gasteiger partial charge on any atom is 0.226 e. The third kappa shape index (κ3) is 5.18. The number of methoxy groups -OCH3 is 2. The summed E-state index contributed by atoms with van der Waals surface area (Å²) in [4.78, 5) is 15.0. The van der Waals surface area contributed by atoms with Crippen LogP contribution in [0, 0.1) is 0 Å². The smallest absolute Gasteiger partial charge is 0.226 e. The van der Waals surface area contributed by atoms with Crippen molar-refractivity contribution in [3.05, 3.63) is 54.1 Å². The summed E-state index contributed by atoms with van der Waals surface area (Å²) in [6.07, 6.45) is 4.73. The zero-order chi connectivity index (χ0) is 19.8. The minimum Gasteiger partial charge on any atom is -0.497 e. The van der Waals surface area contributed by atoms with E-state index in [1.807, 2.05) is 41.3 Å². The SMILES string of the molecule is COc1ccc(OCCC(=O)N2CCCCC[C@@H]2c2ccc(OC)cc2)cc1. The molecule has 0 unspecified atom stereocenters. The largest absolute Gasteiger partial charge is 0.497 e. The molecular formula is C23H29NO4. The average Bonchev–Trinajstić information content (AvgIpc) is 3.00. The molecule has 1 amide bonds. The molecule has 0 spiro atoms. The maximum absolute atomic E-state index is 12.9. The number of hydrogen-bond acceptors (Lipinski definition) is 4. The van der Waals surface area contributed by atoms with E-state index in [0.29, 0.717) is 13.0 Å². The molecule has 1 heterocycles. The molecule has 0 radical (unpaired) electrons. The van der Waals surface area contributed by atoms with Crippen molar-refractivity contribution < 1.29 is 19.0 Å². The van der Waals surface area contributed by atoms with Crippen molar-refractivity contribution in [1.82, 2.24) is 4.90 Å². The summed E-state index contributed by atoms with van der Waals surface area (Å²) >= 11 is 0. The van der Waals surface area contributed by atoms with Gasteiger partial charge < -0.3 is 19.1 Å². The average molecular weight is 383 g/mol. The van der Waals surface area contributed by atoms with Gasteiger partial charge in [0.05, 0.1) is 33.3 Å². The predicted octanol–water partition coefficient (Wildman–Crippen LogP) is 4.62. The zero-order valence-electron chi connectivity index (χ0n) is 16.7. The van der Waals surface area contributed by atoms with E-state index in [9.17, 15) is 4.79 Å². The van der Waals surface area contributed by atoms with Gasteiger partial charge in [-0.2, -0.15) is 0 Å². The molecule has 0 N–H and O–H groups in total. The number of carbonyl (C=O) groups is 1. The summed E-state index contributed by atoms with van der Waals surface area (Å²) in [5, 5.41) is 0.